The van der Waals surface area contributed by atoms with Crippen molar-refractivity contribution in [1.29, 1.82) is 0 Å². The third-order valence-corrected chi connectivity index (χ3v) is 7.82. The maximum absolute atomic E-state index is 6.21. The Kier molecular flexibility index (Phi) is 6.64. The first kappa shape index (κ1) is 21.9. The van der Waals surface area contributed by atoms with Gasteiger partial charge in [-0.15, -0.1) is 0 Å². The van der Waals surface area contributed by atoms with E-state index in [-0.39, 0.29) is 0 Å². The normalized spacial score (nSPS) is 26.9. The van der Waals surface area contributed by atoms with E-state index in [0.29, 0.717) is 17.6 Å². The molecule has 0 atom stereocenters. The molecule has 4 rings (SSSR count). The molecule has 31 heavy (non-hydrogen) atoms. The van der Waals surface area contributed by atoms with E-state index in [9.17, 15) is 0 Å². The Hall–Kier alpha value is -2.36. The molecule has 2 fully saturated rings. The summed E-state index contributed by atoms with van der Waals surface area (Å²) in [7, 11) is 0. The van der Waals surface area contributed by atoms with Gasteiger partial charge in [-0.25, -0.2) is 0 Å². The van der Waals surface area contributed by atoms with Crippen molar-refractivity contribution in [3.8, 4) is 11.5 Å². The maximum atomic E-state index is 6.21. The lowest BCUT2D eigenvalue weighted by atomic mass is 9.60. The van der Waals surface area contributed by atoms with Gasteiger partial charge >= 0.3 is 0 Å². The molecule has 2 aliphatic rings. The molecule has 0 spiro atoms. The summed E-state index contributed by atoms with van der Waals surface area (Å²) < 4.78 is 12.4. The predicted octanol–water partition coefficient (Wildman–Crippen LogP) is 6.45. The van der Waals surface area contributed by atoms with Crippen molar-refractivity contribution in [3.05, 3.63) is 48.5 Å². The summed E-state index contributed by atoms with van der Waals surface area (Å²) in [5.41, 5.74) is 13.5. The Bertz CT molecular complexity index is 746. The fourth-order valence-electron chi connectivity index (χ4n) is 5.66. The Morgan fingerprint density at radius 2 is 0.903 bits per heavy atom. The van der Waals surface area contributed by atoms with E-state index in [2.05, 4.69) is 13.8 Å². The highest BCUT2D eigenvalue weighted by Gasteiger charge is 2.41. The van der Waals surface area contributed by atoms with E-state index in [1.54, 1.807) is 0 Å². The van der Waals surface area contributed by atoms with Gasteiger partial charge in [0.15, 0.2) is 0 Å². The number of ether oxygens (including phenoxy) is 2. The molecule has 0 aromatic heterocycles. The molecule has 0 bridgehead atoms. The van der Waals surface area contributed by atoms with E-state index in [4.69, 9.17) is 20.9 Å². The summed E-state index contributed by atoms with van der Waals surface area (Å²) >= 11 is 0. The molecule has 0 unspecified atom stereocenters. The summed E-state index contributed by atoms with van der Waals surface area (Å²) in [5, 5.41) is 0. The van der Waals surface area contributed by atoms with Crippen molar-refractivity contribution in [3.63, 3.8) is 0 Å². The van der Waals surface area contributed by atoms with Gasteiger partial charge in [-0.3, -0.25) is 0 Å². The number of anilines is 2. The minimum atomic E-state index is 0.333. The Morgan fingerprint density at radius 1 is 0.581 bits per heavy atom. The number of nitrogens with two attached hydrogens (primary N) is 2. The van der Waals surface area contributed by atoms with Crippen molar-refractivity contribution in [2.24, 2.45) is 17.3 Å². The van der Waals surface area contributed by atoms with Gasteiger partial charge in [-0.2, -0.15) is 0 Å². The summed E-state index contributed by atoms with van der Waals surface area (Å²) in [4.78, 5) is 0. The zero-order valence-corrected chi connectivity index (χ0v) is 19.1. The number of hydrogen-bond donors (Lipinski definition) is 2. The SMILES string of the molecule is CC(C)(C1CCC(Oc2ccc(N)cc2)CC1)C1CCC(Oc2ccc(N)cc2)CC1. The van der Waals surface area contributed by atoms with E-state index < -0.39 is 0 Å². The van der Waals surface area contributed by atoms with Crippen LogP contribution in [0.5, 0.6) is 11.5 Å². The molecule has 0 saturated heterocycles. The molecule has 4 nitrogen and oxygen atoms in total. The van der Waals surface area contributed by atoms with Crippen LogP contribution >= 0.6 is 0 Å². The molecule has 4 N–H and O–H groups in total. The first-order chi connectivity index (χ1) is 14.9. The minimum absolute atomic E-state index is 0.333. The second-order valence-corrected chi connectivity index (χ2v) is 10.1. The average molecular weight is 423 g/mol. The molecule has 0 radical (unpaired) electrons. The van der Waals surface area contributed by atoms with Gasteiger partial charge in [0.1, 0.15) is 11.5 Å². The van der Waals surface area contributed by atoms with Crippen LogP contribution in [0.1, 0.15) is 65.2 Å². The van der Waals surface area contributed by atoms with Gasteiger partial charge in [0.25, 0.3) is 0 Å². The lowest BCUT2D eigenvalue weighted by Crippen LogP contribution is -2.39. The third-order valence-electron chi connectivity index (χ3n) is 7.82. The molecule has 0 heterocycles. The van der Waals surface area contributed by atoms with Crippen LogP contribution < -0.4 is 20.9 Å². The zero-order chi connectivity index (χ0) is 21.8. The van der Waals surface area contributed by atoms with Crippen LogP contribution in [0.25, 0.3) is 0 Å². The highest BCUT2D eigenvalue weighted by molar-refractivity contribution is 5.42. The maximum Gasteiger partial charge on any atom is 0.119 e. The standard InChI is InChI=1S/C27H38N2O2/c1-27(2,19-3-11-23(12-4-19)30-25-15-7-21(28)8-16-25)20-5-13-24(14-6-20)31-26-17-9-22(29)10-18-26/h7-10,15-20,23-24H,3-6,11-14,28-29H2,1-2H3. The van der Waals surface area contributed by atoms with Gasteiger partial charge in [-0.1, -0.05) is 13.8 Å². The van der Waals surface area contributed by atoms with Crippen LogP contribution in [0.3, 0.4) is 0 Å². The second kappa shape index (κ2) is 9.42. The fourth-order valence-corrected chi connectivity index (χ4v) is 5.66. The highest BCUT2D eigenvalue weighted by Crippen LogP contribution is 2.49. The number of rotatable bonds is 6. The van der Waals surface area contributed by atoms with Gasteiger partial charge in [0, 0.05) is 11.4 Å². The zero-order valence-electron chi connectivity index (χ0n) is 19.1. The largest absolute Gasteiger partial charge is 0.490 e. The first-order valence-electron chi connectivity index (χ1n) is 11.9. The number of benzene rings is 2. The van der Waals surface area contributed by atoms with E-state index in [1.165, 1.54) is 25.7 Å². The monoisotopic (exact) mass is 422 g/mol. The summed E-state index contributed by atoms with van der Waals surface area (Å²) in [6.45, 7) is 5.01. The third kappa shape index (κ3) is 5.47. The van der Waals surface area contributed by atoms with Crippen molar-refractivity contribution < 1.29 is 9.47 Å². The summed E-state index contributed by atoms with van der Waals surface area (Å²) in [5.74, 6) is 3.43. The summed E-state index contributed by atoms with van der Waals surface area (Å²) in [6.07, 6.45) is 10.3. The van der Waals surface area contributed by atoms with Crippen LogP contribution in [-0.4, -0.2) is 12.2 Å². The van der Waals surface area contributed by atoms with Crippen LogP contribution in [0.2, 0.25) is 0 Å². The average Bonchev–Trinajstić information content (AvgIpc) is 2.78. The van der Waals surface area contributed by atoms with Crippen LogP contribution in [0, 0.1) is 17.3 Å². The number of hydrogen-bond acceptors (Lipinski definition) is 4. The molecule has 2 saturated carbocycles. The minimum Gasteiger partial charge on any atom is -0.490 e. The van der Waals surface area contributed by atoms with Gasteiger partial charge in [0.2, 0.25) is 0 Å². The van der Waals surface area contributed by atoms with E-state index in [0.717, 1.165) is 60.4 Å². The van der Waals surface area contributed by atoms with Crippen molar-refractivity contribution >= 4 is 11.4 Å². The molecular formula is C27H38N2O2. The van der Waals surface area contributed by atoms with Crippen molar-refractivity contribution in [2.45, 2.75) is 77.4 Å². The molecule has 4 heteroatoms. The predicted molar refractivity (Wildman–Crippen MR) is 128 cm³/mol. The smallest absolute Gasteiger partial charge is 0.119 e. The molecule has 2 aromatic rings. The Labute approximate surface area is 187 Å². The topological polar surface area (TPSA) is 70.5 Å². The van der Waals surface area contributed by atoms with Crippen molar-refractivity contribution in [2.75, 3.05) is 11.5 Å². The number of nitrogen functional groups attached to an aromatic ring is 2. The van der Waals surface area contributed by atoms with Crippen LogP contribution in [0.15, 0.2) is 48.5 Å². The highest BCUT2D eigenvalue weighted by atomic mass is 16.5. The van der Waals surface area contributed by atoms with Gasteiger partial charge in [0.05, 0.1) is 12.2 Å². The van der Waals surface area contributed by atoms with Crippen molar-refractivity contribution in [1.82, 2.24) is 0 Å². The van der Waals surface area contributed by atoms with Crippen LogP contribution in [-0.2, 0) is 0 Å². The quantitative estimate of drug-likeness (QED) is 0.525. The molecule has 168 valence electrons. The summed E-state index contributed by atoms with van der Waals surface area (Å²) in [6, 6.07) is 15.6. The molecule has 0 aliphatic heterocycles. The molecule has 0 amide bonds. The Balaban J connectivity index is 1.24. The molecule has 2 aromatic carbocycles. The molecular weight excluding hydrogens is 384 g/mol. The Morgan fingerprint density at radius 3 is 1.23 bits per heavy atom. The first-order valence-corrected chi connectivity index (χ1v) is 11.9. The van der Waals surface area contributed by atoms with E-state index in [1.807, 2.05) is 48.5 Å². The van der Waals surface area contributed by atoms with E-state index >= 15 is 0 Å². The van der Waals surface area contributed by atoms with Crippen LogP contribution in [0.4, 0.5) is 11.4 Å². The van der Waals surface area contributed by atoms with Gasteiger partial charge in [-0.05, 0) is 117 Å². The van der Waals surface area contributed by atoms with Gasteiger partial charge < -0.3 is 20.9 Å². The second-order valence-electron chi connectivity index (χ2n) is 10.1. The fraction of sp³-hybridized carbons (Fsp3) is 0.556. The lowest BCUT2D eigenvalue weighted by molar-refractivity contribution is 0.0112. The lowest BCUT2D eigenvalue weighted by Gasteiger charge is -2.46. The molecule has 2 aliphatic carbocycles.